The molecule has 0 spiro atoms. The summed E-state index contributed by atoms with van der Waals surface area (Å²) in [5.41, 5.74) is 5.49. The molecule has 1 N–H and O–H groups in total. The van der Waals surface area contributed by atoms with Gasteiger partial charge in [0.05, 0.1) is 22.8 Å². The van der Waals surface area contributed by atoms with Gasteiger partial charge < -0.3 is 10.1 Å². The minimum Gasteiger partial charge on any atom is -0.467 e. The van der Waals surface area contributed by atoms with Gasteiger partial charge in [0, 0.05) is 6.07 Å². The normalized spacial score (nSPS) is 11.8. The second-order valence-electron chi connectivity index (χ2n) is 8.39. The van der Waals surface area contributed by atoms with Crippen LogP contribution in [0, 0.1) is 6.92 Å². The molecule has 2 heterocycles. The summed E-state index contributed by atoms with van der Waals surface area (Å²) in [7, 11) is 0. The summed E-state index contributed by atoms with van der Waals surface area (Å²) in [5, 5.41) is 8.71. The summed E-state index contributed by atoms with van der Waals surface area (Å²) in [4.78, 5) is 17.4. The van der Waals surface area contributed by atoms with Crippen molar-refractivity contribution >= 4 is 16.9 Å². The van der Waals surface area contributed by atoms with Crippen LogP contribution >= 0.6 is 0 Å². The lowest BCUT2D eigenvalue weighted by atomic mass is 10.0. The number of nitrogens with one attached hydrogen (secondary N) is 1. The first-order valence-corrected chi connectivity index (χ1v) is 11.6. The predicted molar refractivity (Wildman–Crippen MR) is 138 cm³/mol. The van der Waals surface area contributed by atoms with Gasteiger partial charge in [-0.3, -0.25) is 4.79 Å². The lowest BCUT2D eigenvalue weighted by Gasteiger charge is -2.15. The highest BCUT2D eigenvalue weighted by Gasteiger charge is 2.18. The monoisotopic (exact) mass is 462 g/mol. The number of aryl methyl sites for hydroxylation is 1. The molecule has 0 aliphatic heterocycles. The Morgan fingerprint density at radius 2 is 1.57 bits per heavy atom. The van der Waals surface area contributed by atoms with Gasteiger partial charge in [-0.05, 0) is 42.7 Å². The number of aromatic nitrogens is 3. The molecular formula is C29H26N4O2. The minimum atomic E-state index is -0.211. The SMILES string of the molecule is Cc1nn(-c2ccccc2)c2nc(OCC(=O)NC(C)c3ccccc3)cc(-c3ccccc3)c12. The molecule has 0 saturated carbocycles. The topological polar surface area (TPSA) is 69.0 Å². The van der Waals surface area contributed by atoms with E-state index in [1.165, 1.54) is 0 Å². The van der Waals surface area contributed by atoms with Crippen LogP contribution in [0.15, 0.2) is 97.1 Å². The van der Waals surface area contributed by atoms with Gasteiger partial charge in [-0.15, -0.1) is 0 Å². The molecule has 0 bridgehead atoms. The van der Waals surface area contributed by atoms with Crippen LogP contribution in [-0.4, -0.2) is 27.3 Å². The fourth-order valence-corrected chi connectivity index (χ4v) is 4.18. The zero-order chi connectivity index (χ0) is 24.2. The zero-order valence-electron chi connectivity index (χ0n) is 19.7. The first-order valence-electron chi connectivity index (χ1n) is 11.6. The molecule has 0 saturated heterocycles. The van der Waals surface area contributed by atoms with Crippen molar-refractivity contribution in [3.63, 3.8) is 0 Å². The van der Waals surface area contributed by atoms with E-state index in [9.17, 15) is 4.79 Å². The van der Waals surface area contributed by atoms with Crippen molar-refractivity contribution in [3.8, 4) is 22.7 Å². The molecule has 6 nitrogen and oxygen atoms in total. The molecule has 35 heavy (non-hydrogen) atoms. The van der Waals surface area contributed by atoms with E-state index in [0.717, 1.165) is 33.5 Å². The largest absolute Gasteiger partial charge is 0.467 e. The lowest BCUT2D eigenvalue weighted by Crippen LogP contribution is -2.31. The number of nitrogens with zero attached hydrogens (tertiary/aromatic N) is 3. The van der Waals surface area contributed by atoms with Crippen LogP contribution < -0.4 is 10.1 Å². The lowest BCUT2D eigenvalue weighted by molar-refractivity contribution is -0.123. The van der Waals surface area contributed by atoms with Crippen LogP contribution in [0.5, 0.6) is 5.88 Å². The Morgan fingerprint density at radius 3 is 2.26 bits per heavy atom. The Labute approximate surface area is 204 Å². The highest BCUT2D eigenvalue weighted by Crippen LogP contribution is 2.34. The van der Waals surface area contributed by atoms with Crippen molar-refractivity contribution in [2.75, 3.05) is 6.61 Å². The summed E-state index contributed by atoms with van der Waals surface area (Å²) in [6.07, 6.45) is 0. The van der Waals surface area contributed by atoms with Gasteiger partial charge >= 0.3 is 0 Å². The third-order valence-corrected chi connectivity index (χ3v) is 5.90. The van der Waals surface area contributed by atoms with Crippen molar-refractivity contribution in [3.05, 3.63) is 108 Å². The van der Waals surface area contributed by atoms with E-state index in [1.54, 1.807) is 0 Å². The highest BCUT2D eigenvalue weighted by molar-refractivity contribution is 5.96. The van der Waals surface area contributed by atoms with E-state index in [-0.39, 0.29) is 18.6 Å². The Balaban J connectivity index is 1.48. The quantitative estimate of drug-likeness (QED) is 0.339. The number of carbonyl (C=O) groups excluding carboxylic acids is 1. The number of hydrogen-bond donors (Lipinski definition) is 1. The molecule has 3 aromatic carbocycles. The smallest absolute Gasteiger partial charge is 0.258 e. The maximum absolute atomic E-state index is 12.6. The van der Waals surface area contributed by atoms with Gasteiger partial charge in [0.15, 0.2) is 12.3 Å². The van der Waals surface area contributed by atoms with Crippen molar-refractivity contribution < 1.29 is 9.53 Å². The molecule has 1 unspecified atom stereocenters. The van der Waals surface area contributed by atoms with Gasteiger partial charge in [0.25, 0.3) is 5.91 Å². The molecule has 0 radical (unpaired) electrons. The first kappa shape index (κ1) is 22.3. The van der Waals surface area contributed by atoms with Gasteiger partial charge in [0.1, 0.15) is 0 Å². The zero-order valence-corrected chi connectivity index (χ0v) is 19.7. The molecule has 174 valence electrons. The van der Waals surface area contributed by atoms with E-state index in [2.05, 4.69) is 5.32 Å². The molecule has 0 fully saturated rings. The molecule has 5 rings (SSSR count). The summed E-state index contributed by atoms with van der Waals surface area (Å²) in [6.45, 7) is 3.80. The Kier molecular flexibility index (Phi) is 6.26. The summed E-state index contributed by atoms with van der Waals surface area (Å²) < 4.78 is 7.73. The molecule has 2 aromatic heterocycles. The second-order valence-corrected chi connectivity index (χ2v) is 8.39. The molecule has 5 aromatic rings. The van der Waals surface area contributed by atoms with Crippen LogP contribution in [0.3, 0.4) is 0 Å². The summed E-state index contributed by atoms with van der Waals surface area (Å²) in [5.74, 6) is 0.160. The molecule has 1 amide bonds. The van der Waals surface area contributed by atoms with Crippen molar-refractivity contribution in [2.24, 2.45) is 0 Å². The van der Waals surface area contributed by atoms with E-state index in [0.29, 0.717) is 11.5 Å². The van der Waals surface area contributed by atoms with Crippen LogP contribution in [0.1, 0.15) is 24.2 Å². The Morgan fingerprint density at radius 1 is 0.943 bits per heavy atom. The minimum absolute atomic E-state index is 0.121. The van der Waals surface area contributed by atoms with E-state index < -0.39 is 0 Å². The molecule has 0 aliphatic carbocycles. The second kappa shape index (κ2) is 9.81. The van der Waals surface area contributed by atoms with Crippen molar-refractivity contribution in [1.29, 1.82) is 0 Å². The fourth-order valence-electron chi connectivity index (χ4n) is 4.18. The standard InChI is InChI=1S/C29H26N4O2/c1-20(22-12-6-3-7-13-22)30-26(34)19-35-27-18-25(23-14-8-4-9-15-23)28-21(2)32-33(29(28)31-27)24-16-10-5-11-17-24/h3-18,20H,19H2,1-2H3,(H,30,34). The van der Waals surface area contributed by atoms with E-state index in [1.807, 2.05) is 116 Å². The third kappa shape index (κ3) is 4.77. The number of pyridine rings is 1. The average Bonchev–Trinajstić information content (AvgIpc) is 3.24. The third-order valence-electron chi connectivity index (χ3n) is 5.90. The van der Waals surface area contributed by atoms with Crippen LogP contribution in [0.2, 0.25) is 0 Å². The number of para-hydroxylation sites is 1. The summed E-state index contributed by atoms with van der Waals surface area (Å²) >= 11 is 0. The fraction of sp³-hybridized carbons (Fsp3) is 0.138. The van der Waals surface area contributed by atoms with Gasteiger partial charge in [-0.2, -0.15) is 10.1 Å². The van der Waals surface area contributed by atoms with E-state index >= 15 is 0 Å². The van der Waals surface area contributed by atoms with Crippen molar-refractivity contribution in [1.82, 2.24) is 20.1 Å². The van der Waals surface area contributed by atoms with Gasteiger partial charge in [-0.1, -0.05) is 78.9 Å². The number of amides is 1. The number of fused-ring (bicyclic) bond motifs is 1. The van der Waals surface area contributed by atoms with Crippen LogP contribution in [-0.2, 0) is 4.79 Å². The van der Waals surface area contributed by atoms with Crippen LogP contribution in [0.4, 0.5) is 0 Å². The van der Waals surface area contributed by atoms with E-state index in [4.69, 9.17) is 14.8 Å². The Hall–Kier alpha value is -4.45. The predicted octanol–water partition coefficient (Wildman–Crippen LogP) is 5.65. The average molecular weight is 463 g/mol. The summed E-state index contributed by atoms with van der Waals surface area (Å²) in [6, 6.07) is 31.6. The molecule has 0 aliphatic rings. The molecular weight excluding hydrogens is 436 g/mol. The van der Waals surface area contributed by atoms with Crippen molar-refractivity contribution in [2.45, 2.75) is 19.9 Å². The van der Waals surface area contributed by atoms with Gasteiger partial charge in [0.2, 0.25) is 5.88 Å². The Bertz CT molecular complexity index is 1450. The maximum atomic E-state index is 12.6. The number of benzene rings is 3. The van der Waals surface area contributed by atoms with Crippen LogP contribution in [0.25, 0.3) is 27.8 Å². The highest BCUT2D eigenvalue weighted by atomic mass is 16.5. The number of carbonyl (C=O) groups is 1. The number of hydrogen-bond acceptors (Lipinski definition) is 4. The number of rotatable bonds is 7. The first-order chi connectivity index (χ1) is 17.1. The maximum Gasteiger partial charge on any atom is 0.258 e. The molecule has 1 atom stereocenters. The molecule has 6 heteroatoms. The number of ether oxygens (including phenoxy) is 1. The van der Waals surface area contributed by atoms with Gasteiger partial charge in [-0.25, -0.2) is 4.68 Å².